The van der Waals surface area contributed by atoms with E-state index in [0.717, 1.165) is 12.1 Å². The van der Waals surface area contributed by atoms with Gasteiger partial charge in [-0.3, -0.25) is 4.79 Å². The van der Waals surface area contributed by atoms with Gasteiger partial charge in [0.25, 0.3) is 5.89 Å². The lowest BCUT2D eigenvalue weighted by molar-refractivity contribution is -0.274. The number of nitrogens with one attached hydrogen (secondary N) is 1. The van der Waals surface area contributed by atoms with Gasteiger partial charge in [-0.1, -0.05) is 12.1 Å². The molecule has 1 aliphatic heterocycles. The summed E-state index contributed by atoms with van der Waals surface area (Å²) >= 11 is 0. The van der Waals surface area contributed by atoms with Gasteiger partial charge in [-0.2, -0.15) is 0 Å². The predicted molar refractivity (Wildman–Crippen MR) is 84.1 cm³/mol. The molecule has 0 spiro atoms. The van der Waals surface area contributed by atoms with Gasteiger partial charge in [0, 0.05) is 24.7 Å². The number of rotatable bonds is 4. The first-order valence-electron chi connectivity index (χ1n) is 7.82. The molecule has 1 aliphatic rings. The number of carbonyl (C=O) groups is 2. The third kappa shape index (κ3) is 4.68. The minimum atomic E-state index is -4.82. The third-order valence-corrected chi connectivity index (χ3v) is 3.85. The van der Waals surface area contributed by atoms with Gasteiger partial charge in [-0.05, 0) is 18.6 Å². The summed E-state index contributed by atoms with van der Waals surface area (Å²) in [4.78, 5) is 28.0. The van der Waals surface area contributed by atoms with Crippen LogP contribution in [0.1, 0.15) is 17.1 Å². The molecule has 1 unspecified atom stereocenters. The second-order valence-electron chi connectivity index (χ2n) is 5.79. The van der Waals surface area contributed by atoms with E-state index in [9.17, 15) is 22.8 Å². The van der Waals surface area contributed by atoms with Crippen molar-refractivity contribution >= 4 is 12.0 Å². The fraction of sp³-hybridized carbons (Fsp3) is 0.312. The predicted octanol–water partition coefficient (Wildman–Crippen LogP) is 2.72. The number of hydrogen-bond donors (Lipinski definition) is 2. The zero-order valence-corrected chi connectivity index (χ0v) is 13.7. The minimum absolute atomic E-state index is 0.0892. The molecule has 8 nitrogen and oxygen atoms in total. The van der Waals surface area contributed by atoms with Gasteiger partial charge in [-0.25, -0.2) is 9.78 Å². The molecule has 1 saturated heterocycles. The van der Waals surface area contributed by atoms with E-state index in [-0.39, 0.29) is 29.8 Å². The van der Waals surface area contributed by atoms with Gasteiger partial charge < -0.3 is 24.5 Å². The largest absolute Gasteiger partial charge is 0.573 e. The molecule has 1 aromatic heterocycles. The van der Waals surface area contributed by atoms with E-state index in [1.165, 1.54) is 23.2 Å². The molecule has 2 N–H and O–H groups in total. The highest BCUT2D eigenvalue weighted by molar-refractivity contribution is 5.90. The molecular formula is C16H14F3N3O5. The standard InChI is InChI=1S/C16H14F3N3O5/c17-16(18,19)27-11-3-1-2-9(6-11)12-7-20-14(26-12)13(23)21-10-4-5-22(8-10)15(24)25/h1-3,6-7,10H,4-5,8H2,(H,21,23)(H,24,25). The van der Waals surface area contributed by atoms with Crippen LogP contribution in [0.4, 0.5) is 18.0 Å². The average molecular weight is 385 g/mol. The van der Waals surface area contributed by atoms with E-state index in [1.807, 2.05) is 0 Å². The summed E-state index contributed by atoms with van der Waals surface area (Å²) in [7, 11) is 0. The van der Waals surface area contributed by atoms with Gasteiger partial charge >= 0.3 is 18.4 Å². The van der Waals surface area contributed by atoms with Crippen molar-refractivity contribution < 1.29 is 37.0 Å². The van der Waals surface area contributed by atoms with Crippen molar-refractivity contribution in [1.29, 1.82) is 0 Å². The van der Waals surface area contributed by atoms with Crippen molar-refractivity contribution in [3.63, 3.8) is 0 Å². The van der Waals surface area contributed by atoms with Gasteiger partial charge in [0.2, 0.25) is 0 Å². The summed E-state index contributed by atoms with van der Waals surface area (Å²) in [5, 5.41) is 11.5. The van der Waals surface area contributed by atoms with Gasteiger partial charge in [0.05, 0.1) is 6.20 Å². The molecule has 2 amide bonds. The molecule has 0 saturated carbocycles. The molecule has 0 aliphatic carbocycles. The molecule has 27 heavy (non-hydrogen) atoms. The molecule has 1 fully saturated rings. The van der Waals surface area contributed by atoms with Crippen LogP contribution in [0.5, 0.6) is 5.75 Å². The lowest BCUT2D eigenvalue weighted by Gasteiger charge is -2.12. The Morgan fingerprint density at radius 1 is 1.37 bits per heavy atom. The van der Waals surface area contributed by atoms with Gasteiger partial charge in [0.1, 0.15) is 5.75 Å². The van der Waals surface area contributed by atoms with Crippen molar-refractivity contribution in [2.24, 2.45) is 0 Å². The fourth-order valence-corrected chi connectivity index (χ4v) is 2.66. The Morgan fingerprint density at radius 3 is 2.81 bits per heavy atom. The maximum atomic E-state index is 12.3. The van der Waals surface area contributed by atoms with Crippen molar-refractivity contribution in [2.75, 3.05) is 13.1 Å². The van der Waals surface area contributed by atoms with E-state index in [1.54, 1.807) is 0 Å². The van der Waals surface area contributed by atoms with Crippen LogP contribution in [0.3, 0.4) is 0 Å². The van der Waals surface area contributed by atoms with E-state index >= 15 is 0 Å². The van der Waals surface area contributed by atoms with E-state index in [4.69, 9.17) is 9.52 Å². The maximum absolute atomic E-state index is 12.3. The number of hydrogen-bond acceptors (Lipinski definition) is 5. The fourth-order valence-electron chi connectivity index (χ4n) is 2.66. The van der Waals surface area contributed by atoms with E-state index in [0.29, 0.717) is 13.0 Å². The number of carbonyl (C=O) groups excluding carboxylic acids is 1. The summed E-state index contributed by atoms with van der Waals surface area (Å²) in [5.41, 5.74) is 0.251. The number of ether oxygens (including phenoxy) is 1. The Labute approximate surface area is 150 Å². The normalized spacial score (nSPS) is 17.0. The lowest BCUT2D eigenvalue weighted by Crippen LogP contribution is -2.38. The minimum Gasteiger partial charge on any atom is -0.465 e. The summed E-state index contributed by atoms with van der Waals surface area (Å²) in [6.45, 7) is 0.467. The molecule has 1 atom stereocenters. The van der Waals surface area contributed by atoms with Crippen LogP contribution in [0.2, 0.25) is 0 Å². The second-order valence-corrected chi connectivity index (χ2v) is 5.79. The Hall–Kier alpha value is -3.24. The summed E-state index contributed by atoms with van der Waals surface area (Å²) in [6.07, 6.45) is -4.22. The Bertz CT molecular complexity index is 852. The Balaban J connectivity index is 1.67. The monoisotopic (exact) mass is 385 g/mol. The van der Waals surface area contributed by atoms with Crippen LogP contribution in [-0.2, 0) is 0 Å². The molecule has 11 heteroatoms. The number of benzene rings is 1. The SMILES string of the molecule is O=C(NC1CCN(C(=O)O)C1)c1ncc(-c2cccc(OC(F)(F)F)c2)o1. The molecule has 0 bridgehead atoms. The quantitative estimate of drug-likeness (QED) is 0.839. The first kappa shape index (κ1) is 18.5. The van der Waals surface area contributed by atoms with E-state index in [2.05, 4.69) is 15.0 Å². The number of carboxylic acid groups (broad SMARTS) is 1. The number of halogens is 3. The van der Waals surface area contributed by atoms with Crippen LogP contribution < -0.4 is 10.1 Å². The van der Waals surface area contributed by atoms with Gasteiger partial charge in [0.15, 0.2) is 5.76 Å². The topological polar surface area (TPSA) is 105 Å². The lowest BCUT2D eigenvalue weighted by atomic mass is 10.2. The van der Waals surface area contributed by atoms with Crippen LogP contribution >= 0.6 is 0 Å². The first-order valence-corrected chi connectivity index (χ1v) is 7.82. The number of nitrogens with zero attached hydrogens (tertiary/aromatic N) is 2. The second kappa shape index (κ2) is 7.17. The smallest absolute Gasteiger partial charge is 0.465 e. The number of oxazole rings is 1. The zero-order chi connectivity index (χ0) is 19.6. The van der Waals surface area contributed by atoms with Crippen molar-refractivity contribution in [2.45, 2.75) is 18.8 Å². The maximum Gasteiger partial charge on any atom is 0.573 e. The van der Waals surface area contributed by atoms with Crippen molar-refractivity contribution in [3.8, 4) is 17.1 Å². The summed E-state index contributed by atoms with van der Waals surface area (Å²) < 4.78 is 46.1. The van der Waals surface area contributed by atoms with Crippen LogP contribution in [0, 0.1) is 0 Å². The molecule has 3 rings (SSSR count). The molecule has 2 aromatic rings. The van der Waals surface area contributed by atoms with Crippen molar-refractivity contribution in [3.05, 3.63) is 36.4 Å². The molecule has 144 valence electrons. The van der Waals surface area contributed by atoms with Crippen LogP contribution in [0.15, 0.2) is 34.9 Å². The number of alkyl halides is 3. The molecule has 2 heterocycles. The van der Waals surface area contributed by atoms with E-state index < -0.39 is 24.1 Å². The number of amides is 2. The van der Waals surface area contributed by atoms with Crippen LogP contribution in [0.25, 0.3) is 11.3 Å². The Kier molecular flexibility index (Phi) is 4.93. The highest BCUT2D eigenvalue weighted by Gasteiger charge is 2.31. The van der Waals surface area contributed by atoms with Gasteiger partial charge in [-0.15, -0.1) is 13.2 Å². The highest BCUT2D eigenvalue weighted by atomic mass is 19.4. The Morgan fingerprint density at radius 2 is 2.15 bits per heavy atom. The van der Waals surface area contributed by atoms with Crippen molar-refractivity contribution in [1.82, 2.24) is 15.2 Å². The third-order valence-electron chi connectivity index (χ3n) is 3.85. The number of likely N-dealkylation sites (tertiary alicyclic amines) is 1. The molecular weight excluding hydrogens is 371 g/mol. The number of aromatic nitrogens is 1. The summed E-state index contributed by atoms with van der Waals surface area (Å²) in [6, 6.07) is 4.70. The average Bonchev–Trinajstić information content (AvgIpc) is 3.23. The molecule has 1 aromatic carbocycles. The van der Waals surface area contributed by atoms with Crippen LogP contribution in [-0.4, -0.2) is 52.5 Å². The first-order chi connectivity index (χ1) is 12.7. The zero-order valence-electron chi connectivity index (χ0n) is 13.7. The highest BCUT2D eigenvalue weighted by Crippen LogP contribution is 2.28. The summed E-state index contributed by atoms with van der Waals surface area (Å²) in [5.74, 6) is -1.25. The molecule has 0 radical (unpaired) electrons.